The summed E-state index contributed by atoms with van der Waals surface area (Å²) in [6.45, 7) is 1.86. The van der Waals surface area contributed by atoms with E-state index >= 15 is 0 Å². The van der Waals surface area contributed by atoms with Crippen LogP contribution in [0.2, 0.25) is 0 Å². The summed E-state index contributed by atoms with van der Waals surface area (Å²) in [7, 11) is 1.59. The molecule has 0 aliphatic heterocycles. The van der Waals surface area contributed by atoms with Crippen molar-refractivity contribution in [2.24, 2.45) is 0 Å². The summed E-state index contributed by atoms with van der Waals surface area (Å²) < 4.78 is 5.28. The van der Waals surface area contributed by atoms with Crippen LogP contribution in [0.1, 0.15) is 29.3 Å². The number of ether oxygens (including phenoxy) is 1. The number of methoxy groups -OCH3 is 1. The Bertz CT molecular complexity index is 1500. The Labute approximate surface area is 225 Å². The molecule has 0 saturated heterocycles. The average Bonchev–Trinajstić information content (AvgIpc) is 2.96. The van der Waals surface area contributed by atoms with Crippen molar-refractivity contribution in [3.63, 3.8) is 0 Å². The predicted octanol–water partition coefficient (Wildman–Crippen LogP) is 6.50. The number of hydrogen-bond donors (Lipinski definition) is 2. The number of hydrogen-bond acceptors (Lipinski definition) is 6. The fourth-order valence-corrected chi connectivity index (χ4v) is 4.95. The van der Waals surface area contributed by atoms with Gasteiger partial charge in [0.05, 0.1) is 34.9 Å². The molecule has 0 radical (unpaired) electrons. The first-order chi connectivity index (χ1) is 18.4. The Morgan fingerprint density at radius 1 is 1.03 bits per heavy atom. The van der Waals surface area contributed by atoms with Crippen LogP contribution in [-0.2, 0) is 4.79 Å². The number of nitrogens with zero attached hydrogens (tertiary/aromatic N) is 2. The third-order valence-electron chi connectivity index (χ3n) is 5.90. The van der Waals surface area contributed by atoms with Crippen molar-refractivity contribution in [1.29, 1.82) is 5.26 Å². The van der Waals surface area contributed by atoms with E-state index in [9.17, 15) is 20.0 Å². The molecule has 2 N–H and O–H groups in total. The number of aromatic nitrogens is 1. The zero-order valence-electron chi connectivity index (χ0n) is 20.8. The van der Waals surface area contributed by atoms with E-state index < -0.39 is 11.2 Å². The molecular weight excluding hydrogens is 498 g/mol. The van der Waals surface area contributed by atoms with Crippen LogP contribution in [0.15, 0.2) is 90.0 Å². The highest BCUT2D eigenvalue weighted by Crippen LogP contribution is 2.37. The molecule has 0 spiro atoms. The van der Waals surface area contributed by atoms with E-state index in [1.807, 2.05) is 67.6 Å². The van der Waals surface area contributed by atoms with Gasteiger partial charge in [0.25, 0.3) is 0 Å². The molecule has 7 nitrogen and oxygen atoms in total. The monoisotopic (exact) mass is 523 g/mol. The van der Waals surface area contributed by atoms with Crippen LogP contribution in [0.4, 0.5) is 5.69 Å². The Kier molecular flexibility index (Phi) is 8.41. The molecule has 1 heterocycles. The van der Waals surface area contributed by atoms with Crippen LogP contribution < -0.4 is 10.1 Å². The van der Waals surface area contributed by atoms with Gasteiger partial charge in [-0.05, 0) is 42.3 Å². The number of anilines is 1. The number of pyridine rings is 1. The third kappa shape index (κ3) is 5.85. The topological polar surface area (TPSA) is 112 Å². The normalized spacial score (nSPS) is 11.3. The number of carbonyl (C=O) groups excluding carboxylic acids is 1. The van der Waals surface area contributed by atoms with Crippen LogP contribution in [-0.4, -0.2) is 34.3 Å². The first kappa shape index (κ1) is 26.5. The lowest BCUT2D eigenvalue weighted by Gasteiger charge is -2.18. The predicted molar refractivity (Wildman–Crippen MR) is 148 cm³/mol. The van der Waals surface area contributed by atoms with Crippen molar-refractivity contribution in [1.82, 2.24) is 4.98 Å². The van der Waals surface area contributed by atoms with Gasteiger partial charge in [0.15, 0.2) is 0 Å². The second-order valence-corrected chi connectivity index (χ2v) is 9.49. The number of nitriles is 1. The van der Waals surface area contributed by atoms with Gasteiger partial charge >= 0.3 is 5.97 Å². The molecule has 8 heteroatoms. The molecule has 4 rings (SSSR count). The molecule has 0 saturated carbocycles. The molecule has 0 aliphatic rings. The number of aromatic carboxylic acids is 1. The van der Waals surface area contributed by atoms with Crippen molar-refractivity contribution in [3.05, 3.63) is 96.1 Å². The number of benzene rings is 3. The van der Waals surface area contributed by atoms with Crippen molar-refractivity contribution < 1.29 is 19.4 Å². The number of carboxylic acid groups (broad SMARTS) is 1. The van der Waals surface area contributed by atoms with Gasteiger partial charge in [-0.1, -0.05) is 73.3 Å². The number of nitrogens with one attached hydrogen (secondary N) is 1. The Balaban J connectivity index is 1.76. The van der Waals surface area contributed by atoms with Crippen molar-refractivity contribution in [3.8, 4) is 34.2 Å². The van der Waals surface area contributed by atoms with Crippen LogP contribution in [0.3, 0.4) is 0 Å². The van der Waals surface area contributed by atoms with E-state index in [1.165, 1.54) is 17.8 Å². The van der Waals surface area contributed by atoms with E-state index in [0.29, 0.717) is 34.0 Å². The average molecular weight is 524 g/mol. The fourth-order valence-electron chi connectivity index (χ4n) is 3.92. The first-order valence-corrected chi connectivity index (χ1v) is 12.8. The van der Waals surface area contributed by atoms with E-state index in [4.69, 9.17) is 9.72 Å². The van der Waals surface area contributed by atoms with E-state index in [2.05, 4.69) is 11.4 Å². The Hall–Kier alpha value is -4.61. The summed E-state index contributed by atoms with van der Waals surface area (Å²) in [4.78, 5) is 29.6. The lowest BCUT2D eigenvalue weighted by atomic mass is 9.99. The lowest BCUT2D eigenvalue weighted by Crippen LogP contribution is -2.26. The maximum atomic E-state index is 13.3. The van der Waals surface area contributed by atoms with Gasteiger partial charge in [0, 0.05) is 11.1 Å². The smallest absolute Gasteiger partial charge is 0.337 e. The Morgan fingerprint density at radius 2 is 1.71 bits per heavy atom. The summed E-state index contributed by atoms with van der Waals surface area (Å²) >= 11 is 1.19. The highest BCUT2D eigenvalue weighted by Gasteiger charge is 2.24. The number of rotatable bonds is 9. The van der Waals surface area contributed by atoms with Crippen LogP contribution >= 0.6 is 11.8 Å². The minimum atomic E-state index is -1.13. The van der Waals surface area contributed by atoms with Crippen LogP contribution in [0.25, 0.3) is 22.4 Å². The molecule has 0 bridgehead atoms. The summed E-state index contributed by atoms with van der Waals surface area (Å²) in [5.41, 5.74) is 3.64. The zero-order valence-corrected chi connectivity index (χ0v) is 21.7. The molecular formula is C30H25N3O4S. The van der Waals surface area contributed by atoms with Gasteiger partial charge in [0.1, 0.15) is 16.8 Å². The van der Waals surface area contributed by atoms with Gasteiger partial charge < -0.3 is 15.2 Å². The van der Waals surface area contributed by atoms with Crippen molar-refractivity contribution >= 4 is 29.3 Å². The second kappa shape index (κ2) is 12.1. The van der Waals surface area contributed by atoms with Gasteiger partial charge in [-0.3, -0.25) is 4.79 Å². The lowest BCUT2D eigenvalue weighted by molar-refractivity contribution is -0.115. The number of carbonyl (C=O) groups is 2. The molecule has 190 valence electrons. The maximum absolute atomic E-state index is 13.3. The van der Waals surface area contributed by atoms with E-state index in [-0.39, 0.29) is 17.2 Å². The number of para-hydroxylation sites is 1. The van der Waals surface area contributed by atoms with E-state index in [1.54, 1.807) is 25.3 Å². The van der Waals surface area contributed by atoms with Gasteiger partial charge in [0.2, 0.25) is 5.91 Å². The summed E-state index contributed by atoms with van der Waals surface area (Å²) in [5.74, 6) is -0.800. The second-order valence-electron chi connectivity index (χ2n) is 8.30. The van der Waals surface area contributed by atoms with Crippen molar-refractivity contribution in [2.75, 3.05) is 12.4 Å². The van der Waals surface area contributed by atoms with Crippen LogP contribution in [0, 0.1) is 11.3 Å². The number of carboxylic acids is 1. The molecule has 1 aromatic heterocycles. The highest BCUT2D eigenvalue weighted by molar-refractivity contribution is 8.00. The minimum absolute atomic E-state index is 0.00408. The first-order valence-electron chi connectivity index (χ1n) is 11.9. The summed E-state index contributed by atoms with van der Waals surface area (Å²) in [6.07, 6.45) is 0.436. The molecule has 38 heavy (non-hydrogen) atoms. The molecule has 1 amide bonds. The summed E-state index contributed by atoms with van der Waals surface area (Å²) in [6, 6.07) is 27.5. The standard InChI is InChI=1S/C30H25N3O4S/c1-3-27(28(34)32-25-12-8-7-11-22(25)30(35)36)38-29-24(18-31)23(19-13-15-21(37-2)16-14-19)17-26(33-29)20-9-5-4-6-10-20/h4-17,27H,3H2,1-2H3,(H,32,34)(H,35,36). The zero-order chi connectivity index (χ0) is 27.1. The SMILES string of the molecule is CCC(Sc1nc(-c2ccccc2)cc(-c2ccc(OC)cc2)c1C#N)C(=O)Nc1ccccc1C(=O)O. The molecule has 3 aromatic carbocycles. The maximum Gasteiger partial charge on any atom is 0.337 e. The van der Waals surface area contributed by atoms with Gasteiger partial charge in [-0.25, -0.2) is 9.78 Å². The quantitative estimate of drug-likeness (QED) is 0.241. The molecule has 4 aromatic rings. The molecule has 0 fully saturated rings. The molecule has 1 atom stereocenters. The third-order valence-corrected chi connectivity index (χ3v) is 7.25. The fraction of sp³-hybridized carbons (Fsp3) is 0.133. The molecule has 0 aliphatic carbocycles. The van der Waals surface area contributed by atoms with E-state index in [0.717, 1.165) is 11.1 Å². The minimum Gasteiger partial charge on any atom is -0.497 e. The van der Waals surface area contributed by atoms with Crippen LogP contribution in [0.5, 0.6) is 5.75 Å². The largest absolute Gasteiger partial charge is 0.497 e. The van der Waals surface area contributed by atoms with Gasteiger partial charge in [-0.15, -0.1) is 0 Å². The van der Waals surface area contributed by atoms with Gasteiger partial charge in [-0.2, -0.15) is 5.26 Å². The summed E-state index contributed by atoms with van der Waals surface area (Å²) in [5, 5.41) is 22.2. The number of thioether (sulfide) groups is 1. The Morgan fingerprint density at radius 3 is 2.34 bits per heavy atom. The number of amides is 1. The van der Waals surface area contributed by atoms with Crippen molar-refractivity contribution in [2.45, 2.75) is 23.6 Å². The highest BCUT2D eigenvalue weighted by atomic mass is 32.2. The molecule has 1 unspecified atom stereocenters.